The van der Waals surface area contributed by atoms with Crippen molar-refractivity contribution in [3.05, 3.63) is 18.5 Å². The highest BCUT2D eigenvalue weighted by molar-refractivity contribution is 14.0. The van der Waals surface area contributed by atoms with Crippen LogP contribution in [-0.4, -0.2) is 35.4 Å². The van der Waals surface area contributed by atoms with Crippen LogP contribution in [0.4, 0.5) is 0 Å². The predicted octanol–water partition coefficient (Wildman–Crippen LogP) is 1.86. The van der Waals surface area contributed by atoms with Gasteiger partial charge in [0.25, 0.3) is 0 Å². The molecule has 2 N–H and O–H groups in total. The monoisotopic (exact) mass is 377 g/mol. The lowest BCUT2D eigenvalue weighted by molar-refractivity contribution is 0.570. The van der Waals surface area contributed by atoms with Crippen molar-refractivity contribution in [3.63, 3.8) is 0 Å². The minimum atomic E-state index is 0. The number of nitrogens with zero attached hydrogens (tertiary/aromatic N) is 3. The Kier molecular flexibility index (Phi) is 7.85. The fourth-order valence-corrected chi connectivity index (χ4v) is 1.74. The Morgan fingerprint density at radius 3 is 2.89 bits per heavy atom. The van der Waals surface area contributed by atoms with Gasteiger partial charge in [-0.05, 0) is 38.2 Å². The molecular weight excluding hydrogens is 353 g/mol. The van der Waals surface area contributed by atoms with Crippen LogP contribution >= 0.6 is 24.0 Å². The number of halogens is 1. The summed E-state index contributed by atoms with van der Waals surface area (Å²) in [6.07, 6.45) is 7.56. The van der Waals surface area contributed by atoms with Gasteiger partial charge < -0.3 is 10.6 Å². The van der Waals surface area contributed by atoms with Gasteiger partial charge in [0.15, 0.2) is 5.96 Å². The molecule has 1 aromatic rings. The molecule has 0 radical (unpaired) electrons. The van der Waals surface area contributed by atoms with Gasteiger partial charge in [-0.15, -0.1) is 24.0 Å². The van der Waals surface area contributed by atoms with E-state index in [9.17, 15) is 0 Å². The third-order valence-electron chi connectivity index (χ3n) is 2.96. The number of hydrogen-bond donors (Lipinski definition) is 2. The highest BCUT2D eigenvalue weighted by atomic mass is 127. The van der Waals surface area contributed by atoms with Gasteiger partial charge in [0.2, 0.25) is 0 Å². The zero-order valence-electron chi connectivity index (χ0n) is 11.5. The van der Waals surface area contributed by atoms with Crippen molar-refractivity contribution in [1.29, 1.82) is 0 Å². The number of nitrogens with one attached hydrogen (secondary N) is 2. The molecule has 1 aliphatic rings. The summed E-state index contributed by atoms with van der Waals surface area (Å²) in [6.45, 7) is 5.85. The van der Waals surface area contributed by atoms with Crippen molar-refractivity contribution in [2.45, 2.75) is 32.7 Å². The van der Waals surface area contributed by atoms with E-state index >= 15 is 0 Å². The van der Waals surface area contributed by atoms with Crippen LogP contribution in [0.3, 0.4) is 0 Å². The second-order valence-electron chi connectivity index (χ2n) is 4.71. The number of rotatable bonds is 7. The summed E-state index contributed by atoms with van der Waals surface area (Å²) < 4.78 is 1.95. The van der Waals surface area contributed by atoms with Crippen molar-refractivity contribution in [3.8, 4) is 0 Å². The average molecular weight is 377 g/mol. The van der Waals surface area contributed by atoms with Crippen molar-refractivity contribution in [2.75, 3.05) is 19.6 Å². The Labute approximate surface area is 132 Å². The zero-order chi connectivity index (χ0) is 12.6. The molecule has 1 saturated carbocycles. The highest BCUT2D eigenvalue weighted by Gasteiger charge is 2.20. The predicted molar refractivity (Wildman–Crippen MR) is 89.0 cm³/mol. The topological polar surface area (TPSA) is 54.2 Å². The molecule has 19 heavy (non-hydrogen) atoms. The van der Waals surface area contributed by atoms with E-state index in [4.69, 9.17) is 0 Å². The Hall–Kier alpha value is -0.790. The Balaban J connectivity index is 0.00000180. The molecule has 108 valence electrons. The van der Waals surface area contributed by atoms with Crippen LogP contribution in [0.25, 0.3) is 0 Å². The molecule has 0 spiro atoms. The molecule has 5 nitrogen and oxygen atoms in total. The Morgan fingerprint density at radius 2 is 2.26 bits per heavy atom. The number of guanidine groups is 1. The second-order valence-corrected chi connectivity index (χ2v) is 4.71. The lowest BCUT2D eigenvalue weighted by Crippen LogP contribution is -2.38. The van der Waals surface area contributed by atoms with Crippen LogP contribution in [0.2, 0.25) is 0 Å². The second kappa shape index (κ2) is 9.17. The van der Waals surface area contributed by atoms with Crippen LogP contribution in [0.5, 0.6) is 0 Å². The van der Waals surface area contributed by atoms with Gasteiger partial charge in [0.05, 0.1) is 0 Å². The Bertz CT molecular complexity index is 359. The van der Waals surface area contributed by atoms with Crippen molar-refractivity contribution < 1.29 is 0 Å². The van der Waals surface area contributed by atoms with Gasteiger partial charge in [-0.2, -0.15) is 5.10 Å². The summed E-state index contributed by atoms with van der Waals surface area (Å²) in [5.41, 5.74) is 0. The van der Waals surface area contributed by atoms with Gasteiger partial charge in [0.1, 0.15) is 0 Å². The van der Waals surface area contributed by atoms with Crippen LogP contribution in [0.15, 0.2) is 23.5 Å². The van der Waals surface area contributed by atoms with Crippen LogP contribution in [-0.2, 0) is 6.54 Å². The van der Waals surface area contributed by atoms with E-state index in [1.54, 1.807) is 0 Å². The fourth-order valence-electron chi connectivity index (χ4n) is 1.74. The molecule has 0 unspecified atom stereocenters. The first kappa shape index (κ1) is 16.3. The summed E-state index contributed by atoms with van der Waals surface area (Å²) in [5.74, 6) is 1.79. The van der Waals surface area contributed by atoms with E-state index in [1.165, 1.54) is 12.8 Å². The minimum Gasteiger partial charge on any atom is -0.357 e. The molecule has 0 atom stereocenters. The summed E-state index contributed by atoms with van der Waals surface area (Å²) in [5, 5.41) is 10.8. The molecule has 1 fully saturated rings. The van der Waals surface area contributed by atoms with Crippen LogP contribution in [0.1, 0.15) is 26.2 Å². The number of hydrogen-bond acceptors (Lipinski definition) is 2. The third kappa shape index (κ3) is 6.79. The molecule has 1 aliphatic carbocycles. The molecule has 2 rings (SSSR count). The summed E-state index contributed by atoms with van der Waals surface area (Å²) in [4.78, 5) is 4.58. The number of aryl methyl sites for hydroxylation is 1. The molecule has 1 heterocycles. The first-order chi connectivity index (χ1) is 8.88. The summed E-state index contributed by atoms with van der Waals surface area (Å²) in [7, 11) is 0. The normalized spacial score (nSPS) is 14.9. The molecular formula is C13H24IN5. The van der Waals surface area contributed by atoms with E-state index in [0.29, 0.717) is 0 Å². The largest absolute Gasteiger partial charge is 0.357 e. The van der Waals surface area contributed by atoms with Crippen molar-refractivity contribution in [2.24, 2.45) is 10.9 Å². The van der Waals surface area contributed by atoms with Gasteiger partial charge >= 0.3 is 0 Å². The molecule has 0 aromatic carbocycles. The van der Waals surface area contributed by atoms with Crippen LogP contribution in [0, 0.1) is 5.92 Å². The lowest BCUT2D eigenvalue weighted by Gasteiger charge is -2.11. The summed E-state index contributed by atoms with van der Waals surface area (Å²) in [6, 6.07) is 1.95. The van der Waals surface area contributed by atoms with E-state index < -0.39 is 0 Å². The molecule has 0 bridgehead atoms. The number of aliphatic imine (C=N–C) groups is 1. The number of aromatic nitrogens is 2. The van der Waals surface area contributed by atoms with E-state index in [-0.39, 0.29) is 24.0 Å². The maximum absolute atomic E-state index is 4.58. The minimum absolute atomic E-state index is 0. The smallest absolute Gasteiger partial charge is 0.191 e. The van der Waals surface area contributed by atoms with Gasteiger partial charge in [0, 0.05) is 38.6 Å². The van der Waals surface area contributed by atoms with Gasteiger partial charge in [-0.25, -0.2) is 0 Å². The highest BCUT2D eigenvalue weighted by Crippen LogP contribution is 2.28. The molecule has 1 aromatic heterocycles. The molecule has 0 saturated heterocycles. The van der Waals surface area contributed by atoms with Gasteiger partial charge in [-0.3, -0.25) is 9.67 Å². The van der Waals surface area contributed by atoms with E-state index in [0.717, 1.165) is 44.5 Å². The van der Waals surface area contributed by atoms with Gasteiger partial charge in [-0.1, -0.05) is 0 Å². The first-order valence-electron chi connectivity index (χ1n) is 6.88. The summed E-state index contributed by atoms with van der Waals surface area (Å²) >= 11 is 0. The van der Waals surface area contributed by atoms with Crippen molar-refractivity contribution in [1.82, 2.24) is 20.4 Å². The average Bonchev–Trinajstić information content (AvgIpc) is 3.06. The maximum Gasteiger partial charge on any atom is 0.191 e. The Morgan fingerprint density at radius 1 is 1.42 bits per heavy atom. The third-order valence-corrected chi connectivity index (χ3v) is 2.96. The maximum atomic E-state index is 4.58. The molecule has 0 amide bonds. The molecule has 6 heteroatoms. The van der Waals surface area contributed by atoms with Crippen molar-refractivity contribution >= 4 is 29.9 Å². The molecule has 0 aliphatic heterocycles. The zero-order valence-corrected chi connectivity index (χ0v) is 13.8. The standard InChI is InChI=1S/C13H23N5.HI/c1-2-14-13(16-11-12-5-6-12)15-7-3-9-18-10-4-8-17-18;/h4,8,10,12H,2-3,5-7,9,11H2,1H3,(H2,14,15,16);1H. The van der Waals surface area contributed by atoms with E-state index in [2.05, 4.69) is 27.6 Å². The quantitative estimate of drug-likeness (QED) is 0.330. The fraction of sp³-hybridized carbons (Fsp3) is 0.692. The van der Waals surface area contributed by atoms with Crippen LogP contribution < -0.4 is 10.6 Å². The lowest BCUT2D eigenvalue weighted by atomic mass is 10.4. The van der Waals surface area contributed by atoms with E-state index in [1.807, 2.05) is 23.1 Å². The SMILES string of the molecule is CCNC(=NCC1CC1)NCCCn1cccn1.I. The first-order valence-corrected chi connectivity index (χ1v) is 6.88.